The summed E-state index contributed by atoms with van der Waals surface area (Å²) in [6.07, 6.45) is 4.72. The van der Waals surface area contributed by atoms with Crippen LogP contribution >= 0.6 is 0 Å². The molecule has 10 heavy (non-hydrogen) atoms. The van der Waals surface area contributed by atoms with Gasteiger partial charge in [-0.2, -0.15) is 5.56 Å². The average molecular weight is 309 g/mol. The molecule has 1 rings (SSSR count). The summed E-state index contributed by atoms with van der Waals surface area (Å²) in [5, 5.41) is 3.88. The fourth-order valence-electron chi connectivity index (χ4n) is 0.486. The van der Waals surface area contributed by atoms with E-state index in [2.05, 4.69) is 11.3 Å². The van der Waals surface area contributed by atoms with Crippen molar-refractivity contribution in [3.63, 3.8) is 0 Å². The molecule has 58 valence electrons. The number of aromatic nitrogens is 2. The maximum absolute atomic E-state index is 3.88. The van der Waals surface area contributed by atoms with Crippen molar-refractivity contribution in [3.05, 3.63) is 18.0 Å². The smallest absolute Gasteiger partial charge is 0.00775 e. The summed E-state index contributed by atoms with van der Waals surface area (Å²) in [7, 11) is 1.85. The van der Waals surface area contributed by atoms with Gasteiger partial charge in [0.15, 0.2) is 0 Å². The molecule has 1 aromatic heterocycles. The maximum atomic E-state index is 3.88. The van der Waals surface area contributed by atoms with Crippen LogP contribution in [0.4, 0.5) is 0 Å². The first kappa shape index (κ1) is 12.6. The Balaban J connectivity index is 0. The van der Waals surface area contributed by atoms with E-state index in [4.69, 9.17) is 0 Å². The molecular weight excluding hydrogens is 296 g/mol. The van der Waals surface area contributed by atoms with E-state index in [1.807, 2.05) is 27.8 Å². The second-order valence-corrected chi connectivity index (χ2v) is 1.56. The van der Waals surface area contributed by atoms with Crippen molar-refractivity contribution < 1.29 is 21.1 Å². The first-order valence-electron chi connectivity index (χ1n) is 3.17. The Kier molecular flexibility index (Phi) is 8.81. The second-order valence-electron chi connectivity index (χ2n) is 1.56. The summed E-state index contributed by atoms with van der Waals surface area (Å²) < 4.78 is 1.66. The standard InChI is InChI=1S/C5H7N2.C2H6.W/c1-5-3-6-7(2)4-5;1-2;/h3H,1-2H3;1-2H3;/q-1;;. The predicted octanol–water partition coefficient (Wildman–Crippen LogP) is 1.55. The van der Waals surface area contributed by atoms with E-state index >= 15 is 0 Å². The summed E-state index contributed by atoms with van der Waals surface area (Å²) in [6, 6.07) is 0. The first-order chi connectivity index (χ1) is 4.29. The number of nitrogens with zero attached hydrogens (tertiary/aromatic N) is 2. The minimum absolute atomic E-state index is 0. The topological polar surface area (TPSA) is 17.8 Å². The summed E-state index contributed by atoms with van der Waals surface area (Å²) in [4.78, 5) is 0. The minimum atomic E-state index is 0. The molecule has 2 nitrogen and oxygen atoms in total. The Bertz CT molecular complexity index is 144. The molecule has 1 aromatic rings. The Morgan fingerprint density at radius 2 is 2.00 bits per heavy atom. The van der Waals surface area contributed by atoms with Gasteiger partial charge < -0.3 is 4.68 Å². The van der Waals surface area contributed by atoms with Crippen LogP contribution in [0, 0.1) is 13.1 Å². The number of rotatable bonds is 0. The fourth-order valence-corrected chi connectivity index (χ4v) is 0.486. The minimum Gasteiger partial charge on any atom is -0.379 e. The summed E-state index contributed by atoms with van der Waals surface area (Å²) in [5.41, 5.74) is 1.09. The van der Waals surface area contributed by atoms with Gasteiger partial charge in [0.05, 0.1) is 0 Å². The van der Waals surface area contributed by atoms with E-state index in [-0.39, 0.29) is 21.1 Å². The molecule has 0 unspecified atom stereocenters. The van der Waals surface area contributed by atoms with Gasteiger partial charge in [0.25, 0.3) is 0 Å². The molecule has 0 aromatic carbocycles. The molecule has 0 spiro atoms. The van der Waals surface area contributed by atoms with E-state index in [0.29, 0.717) is 0 Å². The van der Waals surface area contributed by atoms with Gasteiger partial charge in [-0.15, -0.1) is 12.4 Å². The van der Waals surface area contributed by atoms with E-state index in [1.54, 1.807) is 10.9 Å². The largest absolute Gasteiger partial charge is 0.379 e. The summed E-state index contributed by atoms with van der Waals surface area (Å²) in [6.45, 7) is 5.97. The van der Waals surface area contributed by atoms with Crippen molar-refractivity contribution in [1.29, 1.82) is 0 Å². The second kappa shape index (κ2) is 7.01. The third-order valence-electron chi connectivity index (χ3n) is 0.763. The molecule has 1 heterocycles. The number of aryl methyl sites for hydroxylation is 2. The zero-order valence-corrected chi connectivity index (χ0v) is 9.81. The van der Waals surface area contributed by atoms with Crippen molar-refractivity contribution in [2.45, 2.75) is 20.8 Å². The molecule has 0 saturated carbocycles. The summed E-state index contributed by atoms with van der Waals surface area (Å²) in [5.74, 6) is 0. The van der Waals surface area contributed by atoms with Crippen molar-refractivity contribution in [2.24, 2.45) is 7.05 Å². The zero-order chi connectivity index (χ0) is 7.28. The van der Waals surface area contributed by atoms with Crippen LogP contribution in [-0.2, 0) is 28.1 Å². The van der Waals surface area contributed by atoms with Crippen LogP contribution in [0.15, 0.2) is 6.20 Å². The molecule has 0 saturated heterocycles. The van der Waals surface area contributed by atoms with Crippen LogP contribution in [0.5, 0.6) is 0 Å². The molecular formula is C7H13N2W-. The normalized spacial score (nSPS) is 7.20. The van der Waals surface area contributed by atoms with Crippen LogP contribution in [0.1, 0.15) is 19.4 Å². The predicted molar refractivity (Wildman–Crippen MR) is 38.1 cm³/mol. The van der Waals surface area contributed by atoms with Crippen molar-refractivity contribution >= 4 is 0 Å². The molecule has 0 N–H and O–H groups in total. The Hall–Kier alpha value is -0.102. The summed E-state index contributed by atoms with van der Waals surface area (Å²) >= 11 is 0. The molecule has 0 fully saturated rings. The van der Waals surface area contributed by atoms with Crippen LogP contribution in [0.3, 0.4) is 0 Å². The number of hydrogen-bond donors (Lipinski definition) is 0. The average Bonchev–Trinajstić information content (AvgIpc) is 2.20. The van der Waals surface area contributed by atoms with Gasteiger partial charge in [0.2, 0.25) is 0 Å². The first-order valence-corrected chi connectivity index (χ1v) is 3.17. The molecule has 3 heteroatoms. The molecule has 0 atom stereocenters. The van der Waals surface area contributed by atoms with Crippen molar-refractivity contribution in [3.8, 4) is 0 Å². The molecule has 0 aliphatic heterocycles. The van der Waals surface area contributed by atoms with Crippen LogP contribution in [-0.4, -0.2) is 9.78 Å². The maximum Gasteiger partial charge on any atom is 0.00775 e. The van der Waals surface area contributed by atoms with Crippen LogP contribution < -0.4 is 0 Å². The molecule has 0 aliphatic rings. The molecule has 0 radical (unpaired) electrons. The van der Waals surface area contributed by atoms with E-state index in [9.17, 15) is 0 Å². The molecule has 0 bridgehead atoms. The van der Waals surface area contributed by atoms with Gasteiger partial charge in [-0.25, -0.2) is 0 Å². The van der Waals surface area contributed by atoms with Crippen LogP contribution in [0.2, 0.25) is 0 Å². The van der Waals surface area contributed by atoms with Gasteiger partial charge in [0.1, 0.15) is 0 Å². The van der Waals surface area contributed by atoms with Gasteiger partial charge in [0, 0.05) is 28.1 Å². The van der Waals surface area contributed by atoms with Gasteiger partial charge >= 0.3 is 0 Å². The van der Waals surface area contributed by atoms with Gasteiger partial charge in [-0.1, -0.05) is 20.8 Å². The van der Waals surface area contributed by atoms with Crippen LogP contribution in [0.25, 0.3) is 0 Å². The molecule has 0 aliphatic carbocycles. The monoisotopic (exact) mass is 309 g/mol. The Labute approximate surface area is 76.9 Å². The van der Waals surface area contributed by atoms with E-state index in [1.165, 1.54) is 0 Å². The van der Waals surface area contributed by atoms with Gasteiger partial charge in [-0.05, 0) is 0 Å². The van der Waals surface area contributed by atoms with E-state index in [0.717, 1.165) is 5.56 Å². The number of hydrogen-bond acceptors (Lipinski definition) is 1. The quantitative estimate of drug-likeness (QED) is 0.665. The SMILES string of the molecule is CC.Cc1[c-]n(C)nc1.[W]. The van der Waals surface area contributed by atoms with Crippen molar-refractivity contribution in [2.75, 3.05) is 0 Å². The third kappa shape index (κ3) is 4.75. The van der Waals surface area contributed by atoms with Gasteiger partial charge in [-0.3, -0.25) is 5.10 Å². The van der Waals surface area contributed by atoms with Crippen molar-refractivity contribution in [1.82, 2.24) is 9.78 Å². The fraction of sp³-hybridized carbons (Fsp3) is 0.571. The Morgan fingerprint density at radius 1 is 1.50 bits per heavy atom. The third-order valence-corrected chi connectivity index (χ3v) is 0.763. The zero-order valence-electron chi connectivity index (χ0n) is 6.88. The van der Waals surface area contributed by atoms with E-state index < -0.39 is 0 Å². The Morgan fingerprint density at radius 3 is 2.10 bits per heavy atom. The molecule has 0 amide bonds.